The molecule has 1 saturated heterocycles. The van der Waals surface area contributed by atoms with Crippen molar-refractivity contribution in [2.45, 2.75) is 52.0 Å². The number of hydrogen-bond acceptors (Lipinski definition) is 3. The number of likely N-dealkylation sites (tertiary alicyclic amines) is 1. The van der Waals surface area contributed by atoms with Gasteiger partial charge in [0.15, 0.2) is 0 Å². The van der Waals surface area contributed by atoms with E-state index in [1.54, 1.807) is 0 Å². The van der Waals surface area contributed by atoms with Crippen LogP contribution in [-0.4, -0.2) is 36.5 Å². The van der Waals surface area contributed by atoms with Gasteiger partial charge in [-0.1, -0.05) is 26.0 Å². The number of carbonyl (C=O) groups is 1. The second-order valence-corrected chi connectivity index (χ2v) is 6.60. The van der Waals surface area contributed by atoms with Gasteiger partial charge in [0.25, 0.3) is 0 Å². The van der Waals surface area contributed by atoms with E-state index in [1.165, 1.54) is 5.56 Å². The van der Waals surface area contributed by atoms with E-state index in [4.69, 9.17) is 10.5 Å². The maximum absolute atomic E-state index is 12.5. The third-order valence-electron chi connectivity index (χ3n) is 4.59. The van der Waals surface area contributed by atoms with E-state index in [-0.39, 0.29) is 24.4 Å². The van der Waals surface area contributed by atoms with Gasteiger partial charge < -0.3 is 15.4 Å². The Bertz CT molecular complexity index is 493. The van der Waals surface area contributed by atoms with Crippen LogP contribution >= 0.6 is 12.4 Å². The highest BCUT2D eigenvalue weighted by atomic mass is 35.5. The number of aryl methyl sites for hydroxylation is 1. The third-order valence-corrected chi connectivity index (χ3v) is 4.59. The zero-order valence-corrected chi connectivity index (χ0v) is 15.7. The fraction of sp³-hybridized carbons (Fsp3) is 0.632. The Balaban J connectivity index is 0.00000288. The average Bonchev–Trinajstić information content (AvgIpc) is 2.58. The molecule has 2 rings (SSSR count). The molecule has 5 heteroatoms. The molecule has 24 heavy (non-hydrogen) atoms. The molecule has 1 amide bonds. The summed E-state index contributed by atoms with van der Waals surface area (Å²) in [6.45, 7) is 6.50. The average molecular weight is 355 g/mol. The molecule has 0 saturated carbocycles. The molecule has 4 nitrogen and oxygen atoms in total. The molecule has 1 fully saturated rings. The minimum absolute atomic E-state index is 0. The minimum atomic E-state index is 0. The molecular formula is C19H31ClN2O2. The van der Waals surface area contributed by atoms with Crippen LogP contribution < -0.4 is 10.5 Å². The van der Waals surface area contributed by atoms with E-state index >= 15 is 0 Å². The maximum Gasteiger partial charge on any atom is 0.223 e. The van der Waals surface area contributed by atoms with E-state index in [2.05, 4.69) is 26.0 Å². The number of ether oxygens (including phenoxy) is 1. The molecule has 1 aliphatic rings. The number of carbonyl (C=O) groups excluding carboxylic acids is 1. The predicted molar refractivity (Wildman–Crippen MR) is 101 cm³/mol. The highest BCUT2D eigenvalue weighted by molar-refractivity contribution is 5.85. The molecule has 2 atom stereocenters. The van der Waals surface area contributed by atoms with Crippen LogP contribution in [0.15, 0.2) is 24.3 Å². The van der Waals surface area contributed by atoms with Crippen molar-refractivity contribution in [2.75, 3.05) is 19.7 Å². The Kier molecular flexibility index (Phi) is 9.16. The standard InChI is InChI=1S/C19H30N2O2.ClH/c1-3-12-23-18-7-4-16(5-8-18)6-9-19(22)21-11-10-15(2)13-17(21)14-20;/h4-5,7-8,15,17H,3,6,9-14,20H2,1-2H3;1H. The molecule has 0 bridgehead atoms. The summed E-state index contributed by atoms with van der Waals surface area (Å²) in [6, 6.07) is 8.30. The van der Waals surface area contributed by atoms with Crippen molar-refractivity contribution in [3.63, 3.8) is 0 Å². The SMILES string of the molecule is CCCOc1ccc(CCC(=O)N2CCC(C)CC2CN)cc1.Cl. The van der Waals surface area contributed by atoms with Crippen molar-refractivity contribution in [2.24, 2.45) is 11.7 Å². The molecule has 2 N–H and O–H groups in total. The van der Waals surface area contributed by atoms with Crippen LogP contribution in [0.3, 0.4) is 0 Å². The molecule has 0 aromatic heterocycles. The number of piperidine rings is 1. The molecule has 1 aromatic carbocycles. The van der Waals surface area contributed by atoms with Crippen LogP contribution in [0, 0.1) is 5.92 Å². The highest BCUT2D eigenvalue weighted by Gasteiger charge is 2.28. The Morgan fingerprint density at radius 1 is 1.33 bits per heavy atom. The Labute approximate surface area is 152 Å². The van der Waals surface area contributed by atoms with Gasteiger partial charge in [0.2, 0.25) is 5.91 Å². The first-order valence-corrected chi connectivity index (χ1v) is 8.85. The number of nitrogens with two attached hydrogens (primary N) is 1. The normalized spacial score (nSPS) is 20.4. The summed E-state index contributed by atoms with van der Waals surface area (Å²) in [5, 5.41) is 0. The third kappa shape index (κ3) is 5.99. The molecule has 1 heterocycles. The van der Waals surface area contributed by atoms with E-state index in [0.717, 1.165) is 44.6 Å². The Morgan fingerprint density at radius 3 is 2.67 bits per heavy atom. The number of halogens is 1. The van der Waals surface area contributed by atoms with Crippen LogP contribution in [0.1, 0.15) is 45.1 Å². The lowest BCUT2D eigenvalue weighted by Gasteiger charge is -2.38. The fourth-order valence-corrected chi connectivity index (χ4v) is 3.17. The fourth-order valence-electron chi connectivity index (χ4n) is 3.17. The Hall–Kier alpha value is -1.26. The number of benzene rings is 1. The molecule has 136 valence electrons. The smallest absolute Gasteiger partial charge is 0.223 e. The van der Waals surface area contributed by atoms with E-state index in [1.807, 2.05) is 17.0 Å². The highest BCUT2D eigenvalue weighted by Crippen LogP contribution is 2.23. The van der Waals surface area contributed by atoms with Crippen LogP contribution in [-0.2, 0) is 11.2 Å². The van der Waals surface area contributed by atoms with Gasteiger partial charge in [0, 0.05) is 25.6 Å². The molecule has 0 aliphatic carbocycles. The number of amides is 1. The summed E-state index contributed by atoms with van der Waals surface area (Å²) in [5.41, 5.74) is 7.03. The van der Waals surface area contributed by atoms with Crippen molar-refractivity contribution in [1.82, 2.24) is 4.90 Å². The number of nitrogens with zero attached hydrogens (tertiary/aromatic N) is 1. The summed E-state index contributed by atoms with van der Waals surface area (Å²) in [5.74, 6) is 1.80. The lowest BCUT2D eigenvalue weighted by atomic mass is 9.92. The molecule has 0 radical (unpaired) electrons. The van der Waals surface area contributed by atoms with Crippen molar-refractivity contribution in [3.05, 3.63) is 29.8 Å². The minimum Gasteiger partial charge on any atom is -0.494 e. The van der Waals surface area contributed by atoms with Crippen LogP contribution in [0.2, 0.25) is 0 Å². The van der Waals surface area contributed by atoms with Gasteiger partial charge in [-0.25, -0.2) is 0 Å². The van der Waals surface area contributed by atoms with E-state index in [9.17, 15) is 4.79 Å². The van der Waals surface area contributed by atoms with Gasteiger partial charge in [0.1, 0.15) is 5.75 Å². The second-order valence-electron chi connectivity index (χ2n) is 6.60. The lowest BCUT2D eigenvalue weighted by Crippen LogP contribution is -2.49. The van der Waals surface area contributed by atoms with Gasteiger partial charge in [-0.05, 0) is 49.3 Å². The Morgan fingerprint density at radius 2 is 2.04 bits per heavy atom. The topological polar surface area (TPSA) is 55.6 Å². The zero-order valence-electron chi connectivity index (χ0n) is 14.9. The molecular weight excluding hydrogens is 324 g/mol. The van der Waals surface area contributed by atoms with Crippen molar-refractivity contribution in [3.8, 4) is 5.75 Å². The summed E-state index contributed by atoms with van der Waals surface area (Å²) in [6.07, 6.45) is 4.46. The van der Waals surface area contributed by atoms with Gasteiger partial charge in [-0.2, -0.15) is 0 Å². The van der Waals surface area contributed by atoms with Gasteiger partial charge in [-0.3, -0.25) is 4.79 Å². The van der Waals surface area contributed by atoms with Gasteiger partial charge >= 0.3 is 0 Å². The maximum atomic E-state index is 12.5. The van der Waals surface area contributed by atoms with E-state index in [0.29, 0.717) is 18.9 Å². The van der Waals surface area contributed by atoms with Gasteiger partial charge in [0.05, 0.1) is 6.61 Å². The summed E-state index contributed by atoms with van der Waals surface area (Å²) in [7, 11) is 0. The number of hydrogen-bond donors (Lipinski definition) is 1. The summed E-state index contributed by atoms with van der Waals surface area (Å²) >= 11 is 0. The first kappa shape index (κ1) is 20.8. The molecule has 2 unspecified atom stereocenters. The van der Waals surface area contributed by atoms with Crippen LogP contribution in [0.4, 0.5) is 0 Å². The van der Waals surface area contributed by atoms with Crippen molar-refractivity contribution < 1.29 is 9.53 Å². The monoisotopic (exact) mass is 354 g/mol. The molecule has 0 spiro atoms. The number of rotatable bonds is 7. The van der Waals surface area contributed by atoms with Crippen molar-refractivity contribution >= 4 is 18.3 Å². The predicted octanol–water partition coefficient (Wildman–Crippen LogP) is 3.42. The lowest BCUT2D eigenvalue weighted by molar-refractivity contribution is -0.135. The van der Waals surface area contributed by atoms with Gasteiger partial charge in [-0.15, -0.1) is 12.4 Å². The molecule has 1 aliphatic heterocycles. The summed E-state index contributed by atoms with van der Waals surface area (Å²) < 4.78 is 5.58. The summed E-state index contributed by atoms with van der Waals surface area (Å²) in [4.78, 5) is 14.5. The zero-order chi connectivity index (χ0) is 16.7. The quantitative estimate of drug-likeness (QED) is 0.816. The van der Waals surface area contributed by atoms with E-state index < -0.39 is 0 Å². The molecule has 1 aromatic rings. The van der Waals surface area contributed by atoms with Crippen LogP contribution in [0.5, 0.6) is 5.75 Å². The largest absolute Gasteiger partial charge is 0.494 e. The second kappa shape index (κ2) is 10.6. The first-order chi connectivity index (χ1) is 11.1. The van der Waals surface area contributed by atoms with Crippen LogP contribution in [0.25, 0.3) is 0 Å². The van der Waals surface area contributed by atoms with Crippen molar-refractivity contribution in [1.29, 1.82) is 0 Å². The first-order valence-electron chi connectivity index (χ1n) is 8.85.